The Hall–Kier alpha value is -2.86. The summed E-state index contributed by atoms with van der Waals surface area (Å²) in [5.74, 6) is -2.90. The summed E-state index contributed by atoms with van der Waals surface area (Å²) in [6.45, 7) is 9.49. The van der Waals surface area contributed by atoms with Crippen LogP contribution in [-0.2, 0) is 0 Å². The number of nitrogens with zero attached hydrogens (tertiary/aromatic N) is 2. The smallest absolute Gasteiger partial charge is 0.253 e. The molecule has 44 heavy (non-hydrogen) atoms. The Morgan fingerprint density at radius 1 is 0.727 bits per heavy atom. The molecule has 2 fully saturated rings. The number of carbonyl (C=O) groups excluding carboxylic acids is 2. The predicted molar refractivity (Wildman–Crippen MR) is 165 cm³/mol. The highest BCUT2D eigenvalue weighted by molar-refractivity contribution is 5.95. The molecule has 0 radical (unpaired) electrons. The third-order valence-corrected chi connectivity index (χ3v) is 9.56. The summed E-state index contributed by atoms with van der Waals surface area (Å²) >= 11 is 0. The summed E-state index contributed by atoms with van der Waals surface area (Å²) in [6.07, 6.45) is -0.183. The van der Waals surface area contributed by atoms with Crippen LogP contribution in [0.4, 0.5) is 0 Å². The number of aliphatic hydroxyl groups is 6. The highest BCUT2D eigenvalue weighted by Crippen LogP contribution is 2.75. The zero-order valence-corrected chi connectivity index (χ0v) is 26.2. The van der Waals surface area contributed by atoms with E-state index in [1.165, 1.54) is 12.1 Å². The van der Waals surface area contributed by atoms with Crippen LogP contribution in [0, 0.1) is 0 Å². The first kappa shape index (κ1) is 34.0. The van der Waals surface area contributed by atoms with Crippen molar-refractivity contribution in [2.75, 3.05) is 32.8 Å². The van der Waals surface area contributed by atoms with Gasteiger partial charge in [-0.2, -0.15) is 0 Å². The molecule has 0 bridgehead atoms. The van der Waals surface area contributed by atoms with Crippen LogP contribution in [-0.4, -0.2) is 114 Å². The topological polar surface area (TPSA) is 162 Å². The second-order valence-corrected chi connectivity index (χ2v) is 12.3. The van der Waals surface area contributed by atoms with Crippen LogP contribution in [0.2, 0.25) is 0 Å². The van der Waals surface area contributed by atoms with Gasteiger partial charge in [-0.25, -0.2) is 0 Å². The second kappa shape index (κ2) is 13.2. The number of aliphatic hydroxyl groups excluding tert-OH is 3. The van der Waals surface area contributed by atoms with Crippen molar-refractivity contribution in [1.29, 1.82) is 0 Å². The molecule has 2 aromatic rings. The first-order chi connectivity index (χ1) is 20.9. The number of rotatable bonds is 14. The van der Waals surface area contributed by atoms with E-state index in [2.05, 4.69) is 0 Å². The molecule has 242 valence electrons. The summed E-state index contributed by atoms with van der Waals surface area (Å²) in [5.41, 5.74) is -5.67. The van der Waals surface area contributed by atoms with Gasteiger partial charge in [-0.05, 0) is 61.1 Å². The maximum atomic E-state index is 13.1. The molecule has 2 aliphatic rings. The van der Waals surface area contributed by atoms with E-state index >= 15 is 0 Å². The molecule has 2 aromatic carbocycles. The third-order valence-electron chi connectivity index (χ3n) is 9.56. The van der Waals surface area contributed by atoms with Crippen LogP contribution in [0.3, 0.4) is 0 Å². The molecule has 2 aliphatic carbocycles. The van der Waals surface area contributed by atoms with E-state index in [1.54, 1.807) is 46.2 Å². The fourth-order valence-electron chi connectivity index (χ4n) is 7.54. The lowest BCUT2D eigenvalue weighted by Gasteiger charge is -2.80. The van der Waals surface area contributed by atoms with Crippen molar-refractivity contribution in [3.8, 4) is 0 Å². The molecule has 2 amide bonds. The molecule has 4 rings (SSSR count). The maximum Gasteiger partial charge on any atom is 0.253 e. The van der Waals surface area contributed by atoms with E-state index in [9.17, 15) is 40.2 Å². The summed E-state index contributed by atoms with van der Waals surface area (Å²) in [7, 11) is 0. The molecule has 7 atom stereocenters. The van der Waals surface area contributed by atoms with Crippen molar-refractivity contribution in [2.45, 2.75) is 94.2 Å². The lowest BCUT2D eigenvalue weighted by Crippen LogP contribution is -2.99. The molecule has 10 heteroatoms. The van der Waals surface area contributed by atoms with Crippen molar-refractivity contribution < 1.29 is 40.2 Å². The number of benzene rings is 2. The first-order valence-electron chi connectivity index (χ1n) is 15.9. The van der Waals surface area contributed by atoms with E-state index < -0.39 is 47.5 Å². The summed E-state index contributed by atoms with van der Waals surface area (Å²) in [5, 5.41) is 67.8. The highest BCUT2D eigenvalue weighted by atomic mass is 16.5. The molecule has 10 nitrogen and oxygen atoms in total. The Morgan fingerprint density at radius 3 is 1.48 bits per heavy atom. The van der Waals surface area contributed by atoms with Crippen LogP contribution < -0.4 is 0 Å². The summed E-state index contributed by atoms with van der Waals surface area (Å²) in [6, 6.07) is 12.5. The number of fused-ring (bicyclic) bond motifs is 1. The molecule has 0 aromatic heterocycles. The zero-order chi connectivity index (χ0) is 32.4. The van der Waals surface area contributed by atoms with E-state index in [-0.39, 0.29) is 17.4 Å². The van der Waals surface area contributed by atoms with E-state index in [0.29, 0.717) is 42.9 Å². The molecule has 0 aliphatic heterocycles. The van der Waals surface area contributed by atoms with Gasteiger partial charge in [0.15, 0.2) is 0 Å². The molecule has 0 saturated heterocycles. The van der Waals surface area contributed by atoms with E-state index in [4.69, 9.17) is 0 Å². The molecule has 6 N–H and O–H groups in total. The Kier molecular flexibility index (Phi) is 10.2. The lowest BCUT2D eigenvalue weighted by atomic mass is 9.30. The van der Waals surface area contributed by atoms with Gasteiger partial charge in [0.1, 0.15) is 22.9 Å². The van der Waals surface area contributed by atoms with Gasteiger partial charge in [0, 0.05) is 43.2 Å². The Bertz CT molecular complexity index is 1290. The minimum Gasteiger partial charge on any atom is -0.394 e. The zero-order valence-electron chi connectivity index (χ0n) is 26.2. The van der Waals surface area contributed by atoms with Crippen LogP contribution in [0.25, 0.3) is 0 Å². The second-order valence-electron chi connectivity index (χ2n) is 12.3. The lowest BCUT2D eigenvalue weighted by molar-refractivity contribution is -0.459. The van der Waals surface area contributed by atoms with E-state index in [0.717, 1.165) is 25.7 Å². The largest absolute Gasteiger partial charge is 0.394 e. The first-order valence-corrected chi connectivity index (χ1v) is 15.9. The fourth-order valence-corrected chi connectivity index (χ4v) is 7.54. The third kappa shape index (κ3) is 4.96. The summed E-state index contributed by atoms with van der Waals surface area (Å²) in [4.78, 5) is 29.7. The Labute approximate surface area is 259 Å². The van der Waals surface area contributed by atoms with Gasteiger partial charge in [-0.3, -0.25) is 9.59 Å². The minimum absolute atomic E-state index is 0.144. The summed E-state index contributed by atoms with van der Waals surface area (Å²) < 4.78 is 0. The predicted octanol–water partition coefficient (Wildman–Crippen LogP) is 2.01. The fraction of sp³-hybridized carbons (Fsp3) is 0.588. The van der Waals surface area contributed by atoms with Crippen LogP contribution in [0.1, 0.15) is 97.1 Å². The normalized spacial score (nSPS) is 29.6. The van der Waals surface area contributed by atoms with Gasteiger partial charge in [-0.15, -0.1) is 0 Å². The molecule has 3 unspecified atom stereocenters. The quantitative estimate of drug-likeness (QED) is 0.189. The van der Waals surface area contributed by atoms with Gasteiger partial charge in [0.25, 0.3) is 11.8 Å². The van der Waals surface area contributed by atoms with Crippen LogP contribution in [0.15, 0.2) is 48.5 Å². The van der Waals surface area contributed by atoms with Crippen molar-refractivity contribution in [3.63, 3.8) is 0 Å². The van der Waals surface area contributed by atoms with Crippen molar-refractivity contribution in [2.24, 2.45) is 0 Å². The van der Waals surface area contributed by atoms with Gasteiger partial charge in [0.2, 0.25) is 0 Å². The average molecular weight is 613 g/mol. The number of amides is 2. The molecule has 2 saturated carbocycles. The maximum absolute atomic E-state index is 13.1. The number of carbonyl (C=O) groups is 2. The van der Waals surface area contributed by atoms with Gasteiger partial charge >= 0.3 is 0 Å². The van der Waals surface area contributed by atoms with Crippen molar-refractivity contribution in [3.05, 3.63) is 70.8 Å². The Morgan fingerprint density at radius 2 is 1.11 bits per heavy atom. The Balaban J connectivity index is 1.65. The van der Waals surface area contributed by atoms with E-state index in [1.807, 2.05) is 27.7 Å². The molecular weight excluding hydrogens is 564 g/mol. The van der Waals surface area contributed by atoms with Gasteiger partial charge < -0.3 is 40.4 Å². The van der Waals surface area contributed by atoms with Gasteiger partial charge in [-0.1, -0.05) is 52.0 Å². The van der Waals surface area contributed by atoms with Crippen LogP contribution >= 0.6 is 0 Å². The number of hydrogen-bond acceptors (Lipinski definition) is 8. The molecule has 0 heterocycles. The van der Waals surface area contributed by atoms with Crippen molar-refractivity contribution >= 4 is 11.8 Å². The van der Waals surface area contributed by atoms with Crippen LogP contribution in [0.5, 0.6) is 0 Å². The standard InChI is InChI=1S/C34H48N2O8/c1-5-17-35(18-6-2)30(40)24-13-9-22(10-14-24)27-29(39)33(43)28(32(42,26(38)21-37)34(27,33)44)23-11-15-25(16-12-23)31(41)36(19-7-3)20-8-4/h9-16,26-29,37-39,42-44H,5-8,17-21H2,1-4H3/t26-,27?,28?,29?,32+,33+,34+/m1/s1. The minimum atomic E-state index is -2.45. The molecule has 0 spiro atoms. The highest BCUT2D eigenvalue weighted by Gasteiger charge is 2.93. The molecular formula is C34H48N2O8. The average Bonchev–Trinajstić information content (AvgIpc) is 3.03. The number of hydrogen-bond donors (Lipinski definition) is 6. The SMILES string of the molecule is CCCN(CCC)C(=O)c1ccc(C2C(O)[C@@]3(O)C(c4ccc(C(=O)N(CCC)CCC)cc4)[C@@](O)([C@H](O)CO)[C@@]23O)cc1. The van der Waals surface area contributed by atoms with Crippen molar-refractivity contribution in [1.82, 2.24) is 9.80 Å². The van der Waals surface area contributed by atoms with Gasteiger partial charge in [0.05, 0.1) is 18.6 Å². The monoisotopic (exact) mass is 612 g/mol.